The van der Waals surface area contributed by atoms with Crippen molar-refractivity contribution >= 4 is 11.6 Å². The Bertz CT molecular complexity index is 572. The highest BCUT2D eigenvalue weighted by atomic mass is 35.5. The molecule has 0 fully saturated rings. The van der Waals surface area contributed by atoms with Crippen molar-refractivity contribution in [2.75, 3.05) is 7.05 Å². The molecule has 0 aliphatic heterocycles. The smallest absolute Gasteiger partial charge is 0.129 e. The highest BCUT2D eigenvalue weighted by Crippen LogP contribution is 2.24. The molecule has 4 heteroatoms. The molecule has 0 saturated heterocycles. The van der Waals surface area contributed by atoms with Crippen LogP contribution in [0.1, 0.15) is 17.2 Å². The van der Waals surface area contributed by atoms with Crippen LogP contribution in [-0.4, -0.2) is 7.05 Å². The Morgan fingerprint density at radius 2 is 1.84 bits per heavy atom. The van der Waals surface area contributed by atoms with E-state index < -0.39 is 0 Å². The molecule has 0 amide bonds. The van der Waals surface area contributed by atoms with Crippen molar-refractivity contribution in [3.63, 3.8) is 0 Å². The summed E-state index contributed by atoms with van der Waals surface area (Å²) in [5.41, 5.74) is 1.03. The van der Waals surface area contributed by atoms with Crippen LogP contribution >= 0.6 is 11.6 Å². The predicted octanol–water partition coefficient (Wildman–Crippen LogP) is 4.12. The molecule has 1 N–H and O–H groups in total. The van der Waals surface area contributed by atoms with Gasteiger partial charge in [-0.2, -0.15) is 0 Å². The van der Waals surface area contributed by atoms with Gasteiger partial charge in [0.1, 0.15) is 11.6 Å². The number of benzene rings is 2. The molecule has 100 valence electrons. The van der Waals surface area contributed by atoms with E-state index in [9.17, 15) is 8.78 Å². The molecule has 1 unspecified atom stereocenters. The highest BCUT2D eigenvalue weighted by molar-refractivity contribution is 6.30. The van der Waals surface area contributed by atoms with Gasteiger partial charge in [-0.15, -0.1) is 0 Å². The van der Waals surface area contributed by atoms with E-state index in [0.717, 1.165) is 0 Å². The van der Waals surface area contributed by atoms with Gasteiger partial charge in [0, 0.05) is 16.6 Å². The fourth-order valence-electron chi connectivity index (χ4n) is 2.04. The SMILES string of the molecule is CNC(Cc1ccccc1F)c1ccc(Cl)cc1F. The summed E-state index contributed by atoms with van der Waals surface area (Å²) in [7, 11) is 1.72. The normalized spacial score (nSPS) is 12.4. The highest BCUT2D eigenvalue weighted by Gasteiger charge is 2.16. The topological polar surface area (TPSA) is 12.0 Å². The zero-order valence-electron chi connectivity index (χ0n) is 10.5. The minimum Gasteiger partial charge on any atom is -0.313 e. The van der Waals surface area contributed by atoms with E-state index >= 15 is 0 Å². The van der Waals surface area contributed by atoms with Crippen LogP contribution in [0, 0.1) is 11.6 Å². The Hall–Kier alpha value is -1.45. The van der Waals surface area contributed by atoms with Crippen LogP contribution in [0.5, 0.6) is 0 Å². The van der Waals surface area contributed by atoms with Gasteiger partial charge in [-0.3, -0.25) is 0 Å². The average molecular weight is 282 g/mol. The van der Waals surface area contributed by atoms with Crippen molar-refractivity contribution in [2.24, 2.45) is 0 Å². The van der Waals surface area contributed by atoms with Crippen molar-refractivity contribution < 1.29 is 8.78 Å². The lowest BCUT2D eigenvalue weighted by molar-refractivity contribution is 0.520. The number of likely N-dealkylation sites (N-methyl/N-ethyl adjacent to an activating group) is 1. The van der Waals surface area contributed by atoms with Crippen molar-refractivity contribution in [2.45, 2.75) is 12.5 Å². The van der Waals surface area contributed by atoms with Crippen LogP contribution < -0.4 is 5.32 Å². The maximum absolute atomic E-state index is 13.9. The van der Waals surface area contributed by atoms with Crippen molar-refractivity contribution in [3.05, 3.63) is 70.2 Å². The van der Waals surface area contributed by atoms with Crippen molar-refractivity contribution in [1.29, 1.82) is 0 Å². The van der Waals surface area contributed by atoms with Crippen LogP contribution in [0.2, 0.25) is 5.02 Å². The second-order valence-corrected chi connectivity index (χ2v) is 4.74. The number of nitrogens with one attached hydrogen (secondary N) is 1. The van der Waals surface area contributed by atoms with Gasteiger partial charge in [-0.05, 0) is 37.2 Å². The predicted molar refractivity (Wildman–Crippen MR) is 73.3 cm³/mol. The quantitative estimate of drug-likeness (QED) is 0.889. The van der Waals surface area contributed by atoms with Crippen molar-refractivity contribution in [3.8, 4) is 0 Å². The Kier molecular flexibility index (Phi) is 4.51. The van der Waals surface area contributed by atoms with Gasteiger partial charge >= 0.3 is 0 Å². The third-order valence-corrected chi connectivity index (χ3v) is 3.30. The van der Waals surface area contributed by atoms with Gasteiger partial charge in [-0.25, -0.2) is 8.78 Å². The maximum atomic E-state index is 13.9. The summed E-state index contributed by atoms with van der Waals surface area (Å²) in [6, 6.07) is 10.7. The Labute approximate surface area is 116 Å². The maximum Gasteiger partial charge on any atom is 0.129 e. The summed E-state index contributed by atoms with van der Waals surface area (Å²) in [5, 5.41) is 3.35. The third kappa shape index (κ3) is 3.31. The first-order chi connectivity index (χ1) is 9.11. The summed E-state index contributed by atoms with van der Waals surface area (Å²) in [4.78, 5) is 0. The van der Waals surface area contributed by atoms with Gasteiger partial charge in [0.2, 0.25) is 0 Å². The van der Waals surface area contributed by atoms with E-state index in [0.29, 0.717) is 22.6 Å². The Balaban J connectivity index is 2.28. The van der Waals surface area contributed by atoms with E-state index in [1.54, 1.807) is 37.4 Å². The summed E-state index contributed by atoms with van der Waals surface area (Å²) < 4.78 is 27.5. The molecule has 0 saturated carbocycles. The number of hydrogen-bond donors (Lipinski definition) is 1. The fourth-order valence-corrected chi connectivity index (χ4v) is 2.19. The van der Waals surface area contributed by atoms with E-state index in [-0.39, 0.29) is 17.7 Å². The Morgan fingerprint density at radius 3 is 2.47 bits per heavy atom. The molecule has 0 radical (unpaired) electrons. The molecule has 0 spiro atoms. The first-order valence-electron chi connectivity index (χ1n) is 5.97. The second-order valence-electron chi connectivity index (χ2n) is 4.30. The summed E-state index contributed by atoms with van der Waals surface area (Å²) >= 11 is 5.73. The van der Waals surface area contributed by atoms with Gasteiger partial charge in [-0.1, -0.05) is 35.9 Å². The molecular formula is C15H14ClF2N. The minimum absolute atomic E-state index is 0.280. The van der Waals surface area contributed by atoms with Gasteiger partial charge < -0.3 is 5.32 Å². The lowest BCUT2D eigenvalue weighted by Crippen LogP contribution is -2.20. The standard InChI is InChI=1S/C15H14ClF2N/c1-19-15(8-10-4-2-3-5-13(10)17)12-7-6-11(16)9-14(12)18/h2-7,9,15,19H,8H2,1H3. The molecule has 19 heavy (non-hydrogen) atoms. The third-order valence-electron chi connectivity index (χ3n) is 3.07. The summed E-state index contributed by atoms with van der Waals surface area (Å²) in [5.74, 6) is -0.666. The number of halogens is 3. The van der Waals surface area contributed by atoms with E-state index in [2.05, 4.69) is 5.32 Å². The second kappa shape index (κ2) is 6.13. The first kappa shape index (κ1) is 14.0. The average Bonchev–Trinajstić information content (AvgIpc) is 2.39. The molecule has 0 heterocycles. The zero-order valence-corrected chi connectivity index (χ0v) is 11.2. The Morgan fingerprint density at radius 1 is 1.11 bits per heavy atom. The molecule has 1 atom stereocenters. The van der Waals surface area contributed by atoms with Crippen LogP contribution in [0.15, 0.2) is 42.5 Å². The van der Waals surface area contributed by atoms with Crippen molar-refractivity contribution in [1.82, 2.24) is 5.32 Å². The summed E-state index contributed by atoms with van der Waals surface area (Å²) in [6.45, 7) is 0. The fraction of sp³-hybridized carbons (Fsp3) is 0.200. The van der Waals surface area contributed by atoms with Gasteiger partial charge in [0.15, 0.2) is 0 Å². The first-order valence-corrected chi connectivity index (χ1v) is 6.35. The van der Waals surface area contributed by atoms with E-state index in [1.165, 1.54) is 12.1 Å². The molecule has 0 aromatic heterocycles. The van der Waals surface area contributed by atoms with E-state index in [4.69, 9.17) is 11.6 Å². The minimum atomic E-state index is -0.386. The molecular weight excluding hydrogens is 268 g/mol. The molecule has 1 nitrogen and oxygen atoms in total. The zero-order chi connectivity index (χ0) is 13.8. The lowest BCUT2D eigenvalue weighted by Gasteiger charge is -2.18. The van der Waals surface area contributed by atoms with Crippen LogP contribution in [0.4, 0.5) is 8.78 Å². The molecule has 2 aromatic rings. The van der Waals surface area contributed by atoms with Gasteiger partial charge in [0.05, 0.1) is 0 Å². The van der Waals surface area contributed by atoms with E-state index in [1.807, 2.05) is 0 Å². The number of hydrogen-bond acceptors (Lipinski definition) is 1. The largest absolute Gasteiger partial charge is 0.313 e. The molecule has 2 aromatic carbocycles. The monoisotopic (exact) mass is 281 g/mol. The van der Waals surface area contributed by atoms with Crippen LogP contribution in [0.25, 0.3) is 0 Å². The van der Waals surface area contributed by atoms with Gasteiger partial charge in [0.25, 0.3) is 0 Å². The lowest BCUT2D eigenvalue weighted by atomic mass is 9.98. The molecule has 2 rings (SSSR count). The number of rotatable bonds is 4. The van der Waals surface area contributed by atoms with Crippen LogP contribution in [0.3, 0.4) is 0 Å². The van der Waals surface area contributed by atoms with Crippen LogP contribution in [-0.2, 0) is 6.42 Å². The molecule has 0 aliphatic rings. The molecule has 0 aliphatic carbocycles. The molecule has 0 bridgehead atoms. The summed E-state index contributed by atoms with van der Waals surface area (Å²) in [6.07, 6.45) is 0.377.